The van der Waals surface area contributed by atoms with Crippen molar-refractivity contribution in [1.29, 1.82) is 0 Å². The van der Waals surface area contributed by atoms with E-state index in [9.17, 15) is 14.0 Å². The highest BCUT2D eigenvalue weighted by Crippen LogP contribution is 2.23. The van der Waals surface area contributed by atoms with Gasteiger partial charge in [-0.1, -0.05) is 12.1 Å². The SMILES string of the molecule is O=C1CCc2cc(C(=O)NCc3ccc(F)cc3)ccc2N1. The van der Waals surface area contributed by atoms with Crippen LogP contribution >= 0.6 is 0 Å². The van der Waals surface area contributed by atoms with E-state index in [0.717, 1.165) is 16.8 Å². The summed E-state index contributed by atoms with van der Waals surface area (Å²) in [6.45, 7) is 0.340. The standard InChI is InChI=1S/C17H15FN2O2/c18-14-5-1-11(2-6-14)10-19-17(22)13-3-7-15-12(9-13)4-8-16(21)20-15/h1-3,5-7,9H,4,8,10H2,(H,19,22)(H,20,21). The molecule has 0 bridgehead atoms. The Morgan fingerprint density at radius 2 is 1.91 bits per heavy atom. The zero-order chi connectivity index (χ0) is 15.5. The van der Waals surface area contributed by atoms with E-state index < -0.39 is 0 Å². The monoisotopic (exact) mass is 298 g/mol. The molecule has 1 heterocycles. The topological polar surface area (TPSA) is 58.2 Å². The Balaban J connectivity index is 1.67. The van der Waals surface area contributed by atoms with E-state index >= 15 is 0 Å². The summed E-state index contributed by atoms with van der Waals surface area (Å²) in [6.07, 6.45) is 1.08. The summed E-state index contributed by atoms with van der Waals surface area (Å²) in [5, 5.41) is 5.58. The second-order valence-electron chi connectivity index (χ2n) is 5.23. The van der Waals surface area contributed by atoms with Crippen LogP contribution in [0.2, 0.25) is 0 Å². The Hall–Kier alpha value is -2.69. The lowest BCUT2D eigenvalue weighted by Gasteiger charge is -2.17. The van der Waals surface area contributed by atoms with Crippen molar-refractivity contribution in [2.24, 2.45) is 0 Å². The van der Waals surface area contributed by atoms with Crippen LogP contribution in [0, 0.1) is 5.82 Å². The highest BCUT2D eigenvalue weighted by molar-refractivity contribution is 5.97. The first-order chi connectivity index (χ1) is 10.6. The molecule has 0 aliphatic carbocycles. The maximum atomic E-state index is 12.8. The molecule has 1 aliphatic rings. The summed E-state index contributed by atoms with van der Waals surface area (Å²) in [7, 11) is 0. The second-order valence-corrected chi connectivity index (χ2v) is 5.23. The average Bonchev–Trinajstić information content (AvgIpc) is 2.53. The molecule has 112 valence electrons. The van der Waals surface area contributed by atoms with Crippen LogP contribution in [0.4, 0.5) is 10.1 Å². The molecule has 2 amide bonds. The number of benzene rings is 2. The van der Waals surface area contributed by atoms with Crippen LogP contribution in [0.15, 0.2) is 42.5 Å². The second kappa shape index (κ2) is 5.97. The minimum absolute atomic E-state index is 0.000936. The van der Waals surface area contributed by atoms with Gasteiger partial charge in [0.05, 0.1) is 0 Å². The Labute approximate surface area is 127 Å². The van der Waals surface area contributed by atoms with Crippen LogP contribution < -0.4 is 10.6 Å². The Bertz CT molecular complexity index is 726. The molecule has 2 N–H and O–H groups in total. The summed E-state index contributed by atoms with van der Waals surface area (Å²) in [5.74, 6) is -0.489. The molecule has 22 heavy (non-hydrogen) atoms. The lowest BCUT2D eigenvalue weighted by Crippen LogP contribution is -2.24. The van der Waals surface area contributed by atoms with Crippen molar-refractivity contribution in [2.75, 3.05) is 5.32 Å². The van der Waals surface area contributed by atoms with Crippen LogP contribution in [0.25, 0.3) is 0 Å². The third-order valence-electron chi connectivity index (χ3n) is 3.63. The normalized spacial score (nSPS) is 13.2. The molecular formula is C17H15FN2O2. The van der Waals surface area contributed by atoms with Crippen molar-refractivity contribution in [2.45, 2.75) is 19.4 Å². The zero-order valence-corrected chi connectivity index (χ0v) is 11.9. The fraction of sp³-hybridized carbons (Fsp3) is 0.176. The number of aryl methyl sites for hydroxylation is 1. The van der Waals surface area contributed by atoms with Gasteiger partial charge in [0.15, 0.2) is 0 Å². The number of carbonyl (C=O) groups is 2. The minimum atomic E-state index is -0.299. The predicted octanol–water partition coefficient (Wildman–Crippen LogP) is 2.64. The van der Waals surface area contributed by atoms with Gasteiger partial charge in [0.2, 0.25) is 5.91 Å². The molecule has 2 aromatic carbocycles. The molecule has 0 unspecified atom stereocenters. The van der Waals surface area contributed by atoms with Gasteiger partial charge in [0.25, 0.3) is 5.91 Å². The van der Waals surface area contributed by atoms with Gasteiger partial charge in [-0.25, -0.2) is 4.39 Å². The number of amides is 2. The molecular weight excluding hydrogens is 283 g/mol. The summed E-state index contributed by atoms with van der Waals surface area (Å²) in [4.78, 5) is 23.5. The maximum Gasteiger partial charge on any atom is 0.251 e. The first-order valence-electron chi connectivity index (χ1n) is 7.07. The highest BCUT2D eigenvalue weighted by atomic mass is 19.1. The molecule has 0 saturated carbocycles. The number of halogens is 1. The van der Waals surface area contributed by atoms with E-state index in [4.69, 9.17) is 0 Å². The molecule has 1 aliphatic heterocycles. The summed E-state index contributed by atoms with van der Waals surface area (Å²) in [5.41, 5.74) is 3.12. The summed E-state index contributed by atoms with van der Waals surface area (Å²) >= 11 is 0. The number of carbonyl (C=O) groups excluding carboxylic acids is 2. The molecule has 0 spiro atoms. The van der Waals surface area contributed by atoms with Gasteiger partial charge in [0, 0.05) is 24.2 Å². The van der Waals surface area contributed by atoms with Crippen molar-refractivity contribution >= 4 is 17.5 Å². The number of hydrogen-bond donors (Lipinski definition) is 2. The quantitative estimate of drug-likeness (QED) is 0.915. The Morgan fingerprint density at radius 1 is 1.14 bits per heavy atom. The van der Waals surface area contributed by atoms with E-state index in [1.807, 2.05) is 0 Å². The van der Waals surface area contributed by atoms with Gasteiger partial charge < -0.3 is 10.6 Å². The first-order valence-corrected chi connectivity index (χ1v) is 7.07. The van der Waals surface area contributed by atoms with Crippen LogP contribution in [0.1, 0.15) is 27.9 Å². The minimum Gasteiger partial charge on any atom is -0.348 e. The summed E-state index contributed by atoms with van der Waals surface area (Å²) < 4.78 is 12.8. The van der Waals surface area contributed by atoms with Crippen LogP contribution in [0.5, 0.6) is 0 Å². The van der Waals surface area contributed by atoms with E-state index in [-0.39, 0.29) is 17.6 Å². The molecule has 2 aromatic rings. The van der Waals surface area contributed by atoms with E-state index in [0.29, 0.717) is 24.9 Å². The van der Waals surface area contributed by atoms with Gasteiger partial charge in [-0.3, -0.25) is 9.59 Å². The van der Waals surface area contributed by atoms with E-state index in [2.05, 4.69) is 10.6 Å². The Morgan fingerprint density at radius 3 is 2.68 bits per heavy atom. The molecule has 0 fully saturated rings. The van der Waals surface area contributed by atoms with Crippen LogP contribution in [-0.2, 0) is 17.8 Å². The van der Waals surface area contributed by atoms with Gasteiger partial charge >= 0.3 is 0 Å². The number of hydrogen-bond acceptors (Lipinski definition) is 2. The molecule has 3 rings (SSSR count). The Kier molecular flexibility index (Phi) is 3.87. The van der Waals surface area contributed by atoms with Crippen molar-refractivity contribution in [1.82, 2.24) is 5.32 Å². The smallest absolute Gasteiger partial charge is 0.251 e. The van der Waals surface area contributed by atoms with Crippen molar-refractivity contribution in [3.8, 4) is 0 Å². The molecule has 5 heteroatoms. The number of anilines is 1. The van der Waals surface area contributed by atoms with Crippen molar-refractivity contribution < 1.29 is 14.0 Å². The van der Waals surface area contributed by atoms with Gasteiger partial charge in [-0.05, 0) is 47.9 Å². The van der Waals surface area contributed by atoms with Crippen LogP contribution in [0.3, 0.4) is 0 Å². The average molecular weight is 298 g/mol. The lowest BCUT2D eigenvalue weighted by molar-refractivity contribution is -0.116. The van der Waals surface area contributed by atoms with Gasteiger partial charge in [-0.2, -0.15) is 0 Å². The number of nitrogens with one attached hydrogen (secondary N) is 2. The largest absolute Gasteiger partial charge is 0.348 e. The summed E-state index contributed by atoms with van der Waals surface area (Å²) in [6, 6.07) is 11.2. The van der Waals surface area contributed by atoms with Crippen LogP contribution in [-0.4, -0.2) is 11.8 Å². The predicted molar refractivity (Wildman–Crippen MR) is 81.0 cm³/mol. The third-order valence-corrected chi connectivity index (χ3v) is 3.63. The number of rotatable bonds is 3. The van der Waals surface area contributed by atoms with Gasteiger partial charge in [-0.15, -0.1) is 0 Å². The molecule has 4 nitrogen and oxygen atoms in total. The van der Waals surface area contributed by atoms with E-state index in [1.165, 1.54) is 12.1 Å². The van der Waals surface area contributed by atoms with Crippen molar-refractivity contribution in [3.05, 3.63) is 65.0 Å². The maximum absolute atomic E-state index is 12.8. The van der Waals surface area contributed by atoms with Gasteiger partial charge in [0.1, 0.15) is 5.82 Å². The molecule has 0 aromatic heterocycles. The molecule has 0 atom stereocenters. The van der Waals surface area contributed by atoms with E-state index in [1.54, 1.807) is 30.3 Å². The fourth-order valence-corrected chi connectivity index (χ4v) is 2.41. The third kappa shape index (κ3) is 3.14. The first kappa shape index (κ1) is 14.3. The van der Waals surface area contributed by atoms with Crippen molar-refractivity contribution in [3.63, 3.8) is 0 Å². The zero-order valence-electron chi connectivity index (χ0n) is 11.9. The highest BCUT2D eigenvalue weighted by Gasteiger charge is 2.16. The molecule has 0 radical (unpaired) electrons. The fourth-order valence-electron chi connectivity index (χ4n) is 2.41. The lowest BCUT2D eigenvalue weighted by atomic mass is 10.00. The molecule has 0 saturated heterocycles. The number of fused-ring (bicyclic) bond motifs is 1.